The van der Waals surface area contributed by atoms with Crippen molar-refractivity contribution in [3.63, 3.8) is 0 Å². The molecule has 1 atom stereocenters. The molecule has 0 aliphatic heterocycles. The third-order valence-corrected chi connectivity index (χ3v) is 3.33. The lowest BCUT2D eigenvalue weighted by Crippen LogP contribution is -2.39. The quantitative estimate of drug-likeness (QED) is 0.836. The fourth-order valence-corrected chi connectivity index (χ4v) is 1.97. The van der Waals surface area contributed by atoms with Crippen molar-refractivity contribution in [2.24, 2.45) is 11.8 Å². The van der Waals surface area contributed by atoms with Crippen LogP contribution in [-0.2, 0) is 4.79 Å². The molecule has 1 amide bonds. The lowest BCUT2D eigenvalue weighted by molar-refractivity contribution is -0.128. The standard InChI is InChI=1S/C12H20N4O/c1-7(2)10(11-13-8(3)15-16-11)14-12(17)9-5-4-6-9/h7,9-10H,4-6H2,1-3H3,(H,14,17)(H,13,15,16). The summed E-state index contributed by atoms with van der Waals surface area (Å²) in [5, 5.41) is 10.0. The lowest BCUT2D eigenvalue weighted by Gasteiger charge is -2.27. The molecule has 1 saturated carbocycles. The zero-order valence-corrected chi connectivity index (χ0v) is 10.7. The molecule has 5 nitrogen and oxygen atoms in total. The first-order valence-electron chi connectivity index (χ1n) is 6.27. The molecule has 1 aromatic rings. The number of carbonyl (C=O) groups is 1. The molecule has 0 aromatic carbocycles. The predicted molar refractivity (Wildman–Crippen MR) is 64.2 cm³/mol. The van der Waals surface area contributed by atoms with Crippen LogP contribution < -0.4 is 5.32 Å². The van der Waals surface area contributed by atoms with Gasteiger partial charge in [-0.05, 0) is 25.7 Å². The summed E-state index contributed by atoms with van der Waals surface area (Å²) in [5.41, 5.74) is 0. The van der Waals surface area contributed by atoms with Crippen molar-refractivity contribution in [2.75, 3.05) is 0 Å². The van der Waals surface area contributed by atoms with E-state index in [1.807, 2.05) is 6.92 Å². The number of amides is 1. The molecule has 17 heavy (non-hydrogen) atoms. The van der Waals surface area contributed by atoms with Crippen LogP contribution in [-0.4, -0.2) is 21.1 Å². The monoisotopic (exact) mass is 236 g/mol. The number of aromatic nitrogens is 3. The van der Waals surface area contributed by atoms with E-state index < -0.39 is 0 Å². The van der Waals surface area contributed by atoms with Gasteiger partial charge in [0.25, 0.3) is 0 Å². The Morgan fingerprint density at radius 2 is 2.18 bits per heavy atom. The Balaban J connectivity index is 2.04. The minimum atomic E-state index is -0.0898. The first-order chi connectivity index (χ1) is 8.08. The SMILES string of the molecule is Cc1nc(C(NC(=O)C2CCC2)C(C)C)n[nH]1. The highest BCUT2D eigenvalue weighted by molar-refractivity contribution is 5.79. The second kappa shape index (κ2) is 4.85. The van der Waals surface area contributed by atoms with E-state index >= 15 is 0 Å². The third-order valence-electron chi connectivity index (χ3n) is 3.33. The summed E-state index contributed by atoms with van der Waals surface area (Å²) >= 11 is 0. The van der Waals surface area contributed by atoms with Gasteiger partial charge < -0.3 is 5.32 Å². The highest BCUT2D eigenvalue weighted by Crippen LogP contribution is 2.28. The summed E-state index contributed by atoms with van der Waals surface area (Å²) < 4.78 is 0. The van der Waals surface area contributed by atoms with Crippen molar-refractivity contribution in [2.45, 2.75) is 46.1 Å². The maximum atomic E-state index is 11.9. The second-order valence-corrected chi connectivity index (χ2v) is 5.14. The Morgan fingerprint density at radius 3 is 2.59 bits per heavy atom. The van der Waals surface area contributed by atoms with Gasteiger partial charge >= 0.3 is 0 Å². The van der Waals surface area contributed by atoms with E-state index in [-0.39, 0.29) is 23.8 Å². The minimum Gasteiger partial charge on any atom is -0.345 e. The zero-order chi connectivity index (χ0) is 12.4. The molecule has 94 valence electrons. The van der Waals surface area contributed by atoms with E-state index in [2.05, 4.69) is 34.3 Å². The average Bonchev–Trinajstić information content (AvgIpc) is 2.57. The highest BCUT2D eigenvalue weighted by atomic mass is 16.2. The Morgan fingerprint density at radius 1 is 1.47 bits per heavy atom. The Bertz CT molecular complexity index is 395. The van der Waals surface area contributed by atoms with Gasteiger partial charge in [-0.3, -0.25) is 9.89 Å². The molecule has 0 radical (unpaired) electrons. The highest BCUT2D eigenvalue weighted by Gasteiger charge is 2.29. The molecule has 1 fully saturated rings. The van der Waals surface area contributed by atoms with Crippen molar-refractivity contribution < 1.29 is 4.79 Å². The third kappa shape index (κ3) is 2.65. The molecule has 0 spiro atoms. The zero-order valence-electron chi connectivity index (χ0n) is 10.7. The lowest BCUT2D eigenvalue weighted by atomic mass is 9.84. The molecule has 5 heteroatoms. The van der Waals surface area contributed by atoms with Gasteiger partial charge in [-0.15, -0.1) is 0 Å². The summed E-state index contributed by atoms with van der Waals surface area (Å²) in [7, 11) is 0. The molecular weight excluding hydrogens is 216 g/mol. The summed E-state index contributed by atoms with van der Waals surface area (Å²) in [6.07, 6.45) is 3.21. The summed E-state index contributed by atoms with van der Waals surface area (Å²) in [5.74, 6) is 2.11. The summed E-state index contributed by atoms with van der Waals surface area (Å²) in [4.78, 5) is 16.3. The van der Waals surface area contributed by atoms with Crippen LogP contribution in [0.2, 0.25) is 0 Å². The van der Waals surface area contributed by atoms with Crippen LogP contribution in [0.5, 0.6) is 0 Å². The molecule has 1 aliphatic rings. The summed E-state index contributed by atoms with van der Waals surface area (Å²) in [6.45, 7) is 6.00. The van der Waals surface area contributed by atoms with Crippen LogP contribution in [0.25, 0.3) is 0 Å². The number of nitrogens with one attached hydrogen (secondary N) is 2. The van der Waals surface area contributed by atoms with E-state index in [9.17, 15) is 4.79 Å². The normalized spacial score (nSPS) is 17.9. The van der Waals surface area contributed by atoms with Gasteiger partial charge in [0.2, 0.25) is 5.91 Å². The number of carbonyl (C=O) groups excluding carboxylic acids is 1. The molecule has 1 unspecified atom stereocenters. The Hall–Kier alpha value is -1.39. The number of hydrogen-bond acceptors (Lipinski definition) is 3. The van der Waals surface area contributed by atoms with Crippen LogP contribution in [0.3, 0.4) is 0 Å². The van der Waals surface area contributed by atoms with E-state index in [0.717, 1.165) is 18.7 Å². The smallest absolute Gasteiger partial charge is 0.223 e. The van der Waals surface area contributed by atoms with Gasteiger partial charge in [0.1, 0.15) is 5.82 Å². The molecule has 0 saturated heterocycles. The maximum Gasteiger partial charge on any atom is 0.223 e. The van der Waals surface area contributed by atoms with Crippen LogP contribution >= 0.6 is 0 Å². The average molecular weight is 236 g/mol. The van der Waals surface area contributed by atoms with Gasteiger partial charge in [0.15, 0.2) is 5.82 Å². The van der Waals surface area contributed by atoms with Gasteiger partial charge in [0, 0.05) is 5.92 Å². The fourth-order valence-electron chi connectivity index (χ4n) is 1.97. The molecule has 0 bridgehead atoms. The Labute approximate surface area is 101 Å². The maximum absolute atomic E-state index is 11.9. The van der Waals surface area contributed by atoms with Gasteiger partial charge in [-0.25, -0.2) is 4.98 Å². The van der Waals surface area contributed by atoms with Crippen LogP contribution in [0.1, 0.15) is 50.8 Å². The van der Waals surface area contributed by atoms with Crippen LogP contribution in [0.4, 0.5) is 0 Å². The number of H-pyrrole nitrogens is 1. The van der Waals surface area contributed by atoms with Gasteiger partial charge in [-0.2, -0.15) is 5.10 Å². The molecule has 1 aliphatic carbocycles. The molecule has 1 heterocycles. The largest absolute Gasteiger partial charge is 0.345 e. The topological polar surface area (TPSA) is 70.7 Å². The van der Waals surface area contributed by atoms with Crippen molar-refractivity contribution >= 4 is 5.91 Å². The molecule has 2 rings (SSSR count). The molecular formula is C12H20N4O. The van der Waals surface area contributed by atoms with Gasteiger partial charge in [0.05, 0.1) is 6.04 Å². The van der Waals surface area contributed by atoms with Crippen LogP contribution in [0, 0.1) is 18.8 Å². The van der Waals surface area contributed by atoms with E-state index in [1.165, 1.54) is 6.42 Å². The summed E-state index contributed by atoms with van der Waals surface area (Å²) in [6, 6.07) is -0.0898. The number of hydrogen-bond donors (Lipinski definition) is 2. The fraction of sp³-hybridized carbons (Fsp3) is 0.750. The predicted octanol–water partition coefficient (Wildman–Crippen LogP) is 1.73. The minimum absolute atomic E-state index is 0.0898. The first-order valence-corrected chi connectivity index (χ1v) is 6.27. The van der Waals surface area contributed by atoms with E-state index in [0.29, 0.717) is 5.82 Å². The molecule has 2 N–H and O–H groups in total. The van der Waals surface area contributed by atoms with Crippen molar-refractivity contribution in [3.05, 3.63) is 11.6 Å². The number of nitrogens with zero attached hydrogens (tertiary/aromatic N) is 2. The molecule has 1 aromatic heterocycles. The second-order valence-electron chi connectivity index (χ2n) is 5.14. The number of aryl methyl sites for hydroxylation is 1. The van der Waals surface area contributed by atoms with E-state index in [1.54, 1.807) is 0 Å². The van der Waals surface area contributed by atoms with Crippen molar-refractivity contribution in [3.8, 4) is 0 Å². The van der Waals surface area contributed by atoms with E-state index in [4.69, 9.17) is 0 Å². The number of rotatable bonds is 4. The van der Waals surface area contributed by atoms with Crippen molar-refractivity contribution in [1.29, 1.82) is 0 Å². The van der Waals surface area contributed by atoms with Crippen molar-refractivity contribution in [1.82, 2.24) is 20.5 Å². The van der Waals surface area contributed by atoms with Gasteiger partial charge in [-0.1, -0.05) is 20.3 Å². The Kier molecular flexibility index (Phi) is 3.45. The first kappa shape index (κ1) is 12.1. The van der Waals surface area contributed by atoms with Crippen LogP contribution in [0.15, 0.2) is 0 Å². The number of aromatic amines is 1.